The quantitative estimate of drug-likeness (QED) is 0.487. The van der Waals surface area contributed by atoms with Gasteiger partial charge in [-0.25, -0.2) is 4.90 Å². The van der Waals surface area contributed by atoms with Crippen LogP contribution in [0, 0.1) is 0 Å². The summed E-state index contributed by atoms with van der Waals surface area (Å²) >= 11 is 6.18. The summed E-state index contributed by atoms with van der Waals surface area (Å²) in [7, 11) is 0. The first-order valence-corrected chi connectivity index (χ1v) is 10.5. The van der Waals surface area contributed by atoms with E-state index < -0.39 is 11.8 Å². The number of hydrogen-bond donors (Lipinski definition) is 2. The molecule has 2 N–H and O–H groups in total. The topological polar surface area (TPSA) is 101 Å². The fraction of sp³-hybridized carbons (Fsp3) is 0.125. The van der Waals surface area contributed by atoms with Gasteiger partial charge in [-0.15, -0.1) is 0 Å². The van der Waals surface area contributed by atoms with Gasteiger partial charge < -0.3 is 19.8 Å². The number of carbonyl (C=O) groups excluding carboxylic acids is 3. The third-order valence-corrected chi connectivity index (χ3v) is 5.20. The zero-order chi connectivity index (χ0) is 23.4. The van der Waals surface area contributed by atoms with Crippen LogP contribution in [0.25, 0.3) is 0 Å². The molecule has 1 aromatic heterocycles. The van der Waals surface area contributed by atoms with Gasteiger partial charge in [-0.2, -0.15) is 0 Å². The fourth-order valence-electron chi connectivity index (χ4n) is 3.24. The molecule has 0 fully saturated rings. The minimum atomic E-state index is -0.623. The van der Waals surface area contributed by atoms with Crippen LogP contribution in [0.2, 0.25) is 0 Å². The van der Waals surface area contributed by atoms with Gasteiger partial charge in [0.25, 0.3) is 17.7 Å². The van der Waals surface area contributed by atoms with Crippen molar-refractivity contribution < 1.29 is 23.5 Å². The fourth-order valence-corrected chi connectivity index (χ4v) is 3.45. The first-order chi connectivity index (χ1) is 16.0. The average Bonchev–Trinajstić information content (AvgIpc) is 3.42. The molecule has 2 heterocycles. The van der Waals surface area contributed by atoms with E-state index in [2.05, 4.69) is 10.6 Å². The second-order valence-corrected chi connectivity index (χ2v) is 7.40. The van der Waals surface area contributed by atoms with Crippen LogP contribution < -0.4 is 20.3 Å². The first kappa shape index (κ1) is 22.2. The molecular formula is C24H20ClN3O5. The van der Waals surface area contributed by atoms with Crippen molar-refractivity contribution in [2.75, 3.05) is 16.8 Å². The van der Waals surface area contributed by atoms with Gasteiger partial charge in [0.05, 0.1) is 25.1 Å². The number of anilines is 2. The molecule has 0 bridgehead atoms. The Bertz CT molecular complexity index is 1200. The first-order valence-electron chi connectivity index (χ1n) is 10.2. The zero-order valence-corrected chi connectivity index (χ0v) is 18.4. The summed E-state index contributed by atoms with van der Waals surface area (Å²) < 4.78 is 10.6. The van der Waals surface area contributed by atoms with Crippen LogP contribution in [0.5, 0.6) is 5.75 Å². The van der Waals surface area contributed by atoms with Crippen molar-refractivity contribution in [1.29, 1.82) is 0 Å². The molecule has 2 aromatic carbocycles. The third kappa shape index (κ3) is 4.75. The van der Waals surface area contributed by atoms with E-state index in [0.717, 1.165) is 4.90 Å². The van der Waals surface area contributed by atoms with Crippen LogP contribution in [0.4, 0.5) is 11.4 Å². The lowest BCUT2D eigenvalue weighted by molar-refractivity contribution is -0.120. The number of imide groups is 1. The predicted octanol–water partition coefficient (Wildman–Crippen LogP) is 4.04. The molecule has 0 saturated heterocycles. The van der Waals surface area contributed by atoms with E-state index in [9.17, 15) is 14.4 Å². The molecule has 1 aliphatic heterocycles. The van der Waals surface area contributed by atoms with Crippen molar-refractivity contribution in [2.24, 2.45) is 0 Å². The van der Waals surface area contributed by atoms with Crippen molar-refractivity contribution in [3.8, 4) is 5.75 Å². The highest BCUT2D eigenvalue weighted by Gasteiger charge is 2.38. The van der Waals surface area contributed by atoms with Gasteiger partial charge in [-0.1, -0.05) is 11.6 Å². The molecule has 8 nitrogen and oxygen atoms in total. The second kappa shape index (κ2) is 9.62. The highest BCUT2D eigenvalue weighted by molar-refractivity contribution is 6.53. The van der Waals surface area contributed by atoms with Crippen molar-refractivity contribution in [1.82, 2.24) is 5.32 Å². The van der Waals surface area contributed by atoms with E-state index in [4.69, 9.17) is 20.8 Å². The molecule has 168 valence electrons. The Kier molecular flexibility index (Phi) is 6.46. The molecule has 0 radical (unpaired) electrons. The van der Waals surface area contributed by atoms with Crippen LogP contribution >= 0.6 is 11.6 Å². The number of benzene rings is 2. The lowest BCUT2D eigenvalue weighted by Gasteiger charge is -2.15. The van der Waals surface area contributed by atoms with Gasteiger partial charge in [0, 0.05) is 11.3 Å². The molecule has 0 unspecified atom stereocenters. The monoisotopic (exact) mass is 465 g/mol. The van der Waals surface area contributed by atoms with Crippen LogP contribution in [-0.4, -0.2) is 24.3 Å². The van der Waals surface area contributed by atoms with E-state index in [-0.39, 0.29) is 23.2 Å². The smallest absolute Gasteiger partial charge is 0.283 e. The highest BCUT2D eigenvalue weighted by Crippen LogP contribution is 2.31. The Morgan fingerprint density at radius 2 is 1.76 bits per heavy atom. The summed E-state index contributed by atoms with van der Waals surface area (Å²) in [4.78, 5) is 38.8. The number of amides is 3. The number of halogens is 1. The van der Waals surface area contributed by atoms with Crippen molar-refractivity contribution in [3.05, 3.63) is 89.0 Å². The lowest BCUT2D eigenvalue weighted by atomic mass is 10.2. The van der Waals surface area contributed by atoms with Crippen molar-refractivity contribution in [2.45, 2.75) is 13.5 Å². The Labute approximate surface area is 194 Å². The number of nitrogens with one attached hydrogen (secondary N) is 2. The minimum Gasteiger partial charge on any atom is -0.494 e. The third-order valence-electron chi connectivity index (χ3n) is 4.85. The van der Waals surface area contributed by atoms with Gasteiger partial charge >= 0.3 is 0 Å². The van der Waals surface area contributed by atoms with Gasteiger partial charge in [0.15, 0.2) is 0 Å². The van der Waals surface area contributed by atoms with Gasteiger partial charge in [-0.3, -0.25) is 14.4 Å². The van der Waals surface area contributed by atoms with Crippen LogP contribution in [0.1, 0.15) is 23.0 Å². The molecule has 3 amide bonds. The molecule has 0 saturated carbocycles. The molecule has 3 aromatic rings. The standard InChI is InChI=1S/C24H20ClN3O5/c1-2-32-18-11-9-17(10-12-18)28-23(30)20(25)21(24(28)31)27-16-7-5-15(6-8-16)22(29)26-14-19-4-3-13-33-19/h3-13,27H,2,14H2,1H3,(H,26,29). The van der Waals surface area contributed by atoms with Crippen molar-refractivity contribution in [3.63, 3.8) is 0 Å². The molecule has 0 atom stereocenters. The Morgan fingerprint density at radius 3 is 2.39 bits per heavy atom. The Balaban J connectivity index is 1.43. The maximum Gasteiger partial charge on any atom is 0.283 e. The molecule has 33 heavy (non-hydrogen) atoms. The number of furan rings is 1. The summed E-state index contributed by atoms with van der Waals surface area (Å²) in [6, 6.07) is 16.5. The zero-order valence-electron chi connectivity index (χ0n) is 17.6. The summed E-state index contributed by atoms with van der Waals surface area (Å²) in [6.07, 6.45) is 1.54. The maximum atomic E-state index is 12.9. The van der Waals surface area contributed by atoms with Crippen LogP contribution in [0.3, 0.4) is 0 Å². The van der Waals surface area contributed by atoms with Gasteiger partial charge in [0.2, 0.25) is 0 Å². The molecular weight excluding hydrogens is 446 g/mol. The molecule has 0 spiro atoms. The summed E-state index contributed by atoms with van der Waals surface area (Å²) in [5.74, 6) is -0.198. The van der Waals surface area contributed by atoms with Crippen LogP contribution in [0.15, 0.2) is 82.1 Å². The number of nitrogens with zero attached hydrogens (tertiary/aromatic N) is 1. The van der Waals surface area contributed by atoms with E-state index in [1.165, 1.54) is 6.26 Å². The number of hydrogen-bond acceptors (Lipinski definition) is 6. The summed E-state index contributed by atoms with van der Waals surface area (Å²) in [6.45, 7) is 2.64. The van der Waals surface area contributed by atoms with Gasteiger partial charge in [0.1, 0.15) is 22.2 Å². The summed E-state index contributed by atoms with van der Waals surface area (Å²) in [5.41, 5.74) is 1.27. The second-order valence-electron chi connectivity index (χ2n) is 7.03. The highest BCUT2D eigenvalue weighted by atomic mass is 35.5. The molecule has 1 aliphatic rings. The minimum absolute atomic E-state index is 0.0365. The average molecular weight is 466 g/mol. The van der Waals surface area contributed by atoms with E-state index in [0.29, 0.717) is 35.1 Å². The van der Waals surface area contributed by atoms with E-state index in [1.807, 2.05) is 6.92 Å². The maximum absolute atomic E-state index is 12.9. The number of ether oxygens (including phenoxy) is 1. The Morgan fingerprint density at radius 1 is 1.03 bits per heavy atom. The largest absolute Gasteiger partial charge is 0.494 e. The predicted molar refractivity (Wildman–Crippen MR) is 123 cm³/mol. The summed E-state index contributed by atoms with van der Waals surface area (Å²) in [5, 5.41) is 5.42. The van der Waals surface area contributed by atoms with Crippen LogP contribution in [-0.2, 0) is 16.1 Å². The van der Waals surface area contributed by atoms with Crippen molar-refractivity contribution >= 4 is 40.7 Å². The lowest BCUT2D eigenvalue weighted by Crippen LogP contribution is -2.32. The Hall–Kier alpha value is -4.04. The molecule has 9 heteroatoms. The van der Waals surface area contributed by atoms with E-state index >= 15 is 0 Å². The normalized spacial score (nSPS) is 13.5. The van der Waals surface area contributed by atoms with Gasteiger partial charge in [-0.05, 0) is 67.6 Å². The molecule has 0 aliphatic carbocycles. The molecule has 4 rings (SSSR count). The SMILES string of the molecule is CCOc1ccc(N2C(=O)C(Cl)=C(Nc3ccc(C(=O)NCc4ccco4)cc3)C2=O)cc1. The number of carbonyl (C=O) groups is 3. The number of rotatable bonds is 8. The van der Waals surface area contributed by atoms with E-state index in [1.54, 1.807) is 60.7 Å².